The number of anilines is 4. The number of hydrogen-bond donors (Lipinski definition) is 2. The molecule has 0 radical (unpaired) electrons. The molecule has 2 fully saturated rings. The van der Waals surface area contributed by atoms with Crippen LogP contribution in [0.25, 0.3) is 0 Å². The van der Waals surface area contributed by atoms with Crippen molar-refractivity contribution in [3.05, 3.63) is 30.3 Å². The van der Waals surface area contributed by atoms with Crippen molar-refractivity contribution in [1.29, 1.82) is 0 Å². The van der Waals surface area contributed by atoms with Crippen LogP contribution in [0.4, 0.5) is 23.5 Å². The van der Waals surface area contributed by atoms with E-state index in [-0.39, 0.29) is 6.61 Å². The van der Waals surface area contributed by atoms with Crippen molar-refractivity contribution in [3.63, 3.8) is 0 Å². The second kappa shape index (κ2) is 9.13. The summed E-state index contributed by atoms with van der Waals surface area (Å²) < 4.78 is 5.48. The fourth-order valence-corrected chi connectivity index (χ4v) is 3.43. The fraction of sp³-hybridized carbons (Fsp3) is 0.526. The highest BCUT2D eigenvalue weighted by molar-refractivity contribution is 5.59. The first-order chi connectivity index (χ1) is 13.8. The van der Waals surface area contributed by atoms with Crippen LogP contribution in [0.3, 0.4) is 0 Å². The van der Waals surface area contributed by atoms with E-state index in [1.165, 1.54) is 0 Å². The van der Waals surface area contributed by atoms with Gasteiger partial charge in [0, 0.05) is 51.5 Å². The van der Waals surface area contributed by atoms with Crippen LogP contribution in [0.5, 0.6) is 0 Å². The summed E-state index contributed by atoms with van der Waals surface area (Å²) in [6, 6.07) is 9.91. The number of morpholine rings is 1. The van der Waals surface area contributed by atoms with Crippen molar-refractivity contribution in [2.45, 2.75) is 0 Å². The summed E-state index contributed by atoms with van der Waals surface area (Å²) >= 11 is 0. The Kier molecular flexibility index (Phi) is 6.15. The van der Waals surface area contributed by atoms with E-state index >= 15 is 0 Å². The Hall–Kier alpha value is -2.49. The summed E-state index contributed by atoms with van der Waals surface area (Å²) in [7, 11) is 0. The number of hydrogen-bond acceptors (Lipinski definition) is 9. The SMILES string of the molecule is OCCN(c1ccccc1)c1nc(N2CCNCC2)nc(N2CCOCC2)n1. The molecule has 4 rings (SSSR count). The van der Waals surface area contributed by atoms with Gasteiger partial charge in [0.15, 0.2) is 0 Å². The summed E-state index contributed by atoms with van der Waals surface area (Å²) in [6.07, 6.45) is 0. The Morgan fingerprint density at radius 3 is 2.21 bits per heavy atom. The van der Waals surface area contributed by atoms with Gasteiger partial charge in [0.25, 0.3) is 0 Å². The molecule has 2 aliphatic heterocycles. The van der Waals surface area contributed by atoms with Crippen molar-refractivity contribution >= 4 is 23.5 Å². The average molecular weight is 385 g/mol. The predicted molar refractivity (Wildman–Crippen MR) is 108 cm³/mol. The van der Waals surface area contributed by atoms with Gasteiger partial charge in [-0.15, -0.1) is 0 Å². The molecule has 28 heavy (non-hydrogen) atoms. The molecular weight excluding hydrogens is 358 g/mol. The monoisotopic (exact) mass is 385 g/mol. The van der Waals surface area contributed by atoms with Gasteiger partial charge in [0.2, 0.25) is 17.8 Å². The Morgan fingerprint density at radius 2 is 1.57 bits per heavy atom. The molecule has 2 N–H and O–H groups in total. The van der Waals surface area contributed by atoms with E-state index in [1.54, 1.807) is 0 Å². The van der Waals surface area contributed by atoms with E-state index < -0.39 is 0 Å². The highest BCUT2D eigenvalue weighted by atomic mass is 16.5. The quantitative estimate of drug-likeness (QED) is 0.726. The third kappa shape index (κ3) is 4.32. The molecule has 2 saturated heterocycles. The summed E-state index contributed by atoms with van der Waals surface area (Å²) in [6.45, 7) is 6.82. The summed E-state index contributed by atoms with van der Waals surface area (Å²) in [5.74, 6) is 1.91. The molecule has 150 valence electrons. The number of aliphatic hydroxyl groups is 1. The average Bonchev–Trinajstić information content (AvgIpc) is 2.79. The van der Waals surface area contributed by atoms with Crippen molar-refractivity contribution in [2.24, 2.45) is 0 Å². The van der Waals surface area contributed by atoms with Crippen LogP contribution in [-0.2, 0) is 4.74 Å². The molecular formula is C19H27N7O2. The minimum Gasteiger partial charge on any atom is -0.395 e. The van der Waals surface area contributed by atoms with Crippen molar-refractivity contribution in [1.82, 2.24) is 20.3 Å². The first-order valence-corrected chi connectivity index (χ1v) is 9.83. The lowest BCUT2D eigenvalue weighted by atomic mass is 10.3. The maximum atomic E-state index is 9.64. The van der Waals surface area contributed by atoms with Crippen molar-refractivity contribution in [2.75, 3.05) is 80.3 Å². The molecule has 0 bridgehead atoms. The van der Waals surface area contributed by atoms with Crippen molar-refractivity contribution < 1.29 is 9.84 Å². The van der Waals surface area contributed by atoms with Crippen LogP contribution in [-0.4, -0.2) is 85.7 Å². The molecule has 2 aliphatic rings. The lowest BCUT2D eigenvalue weighted by molar-refractivity contribution is 0.122. The molecule has 9 heteroatoms. The van der Waals surface area contributed by atoms with Gasteiger partial charge in [0.05, 0.1) is 19.8 Å². The third-order valence-electron chi connectivity index (χ3n) is 4.93. The highest BCUT2D eigenvalue weighted by Crippen LogP contribution is 2.25. The Labute approximate surface area is 165 Å². The van der Waals surface area contributed by atoms with E-state index in [0.29, 0.717) is 37.6 Å². The Balaban J connectivity index is 1.73. The Morgan fingerprint density at radius 1 is 0.929 bits per heavy atom. The topological polar surface area (TPSA) is 89.9 Å². The van der Waals surface area contributed by atoms with Crippen LogP contribution in [0, 0.1) is 0 Å². The zero-order valence-electron chi connectivity index (χ0n) is 16.0. The van der Waals surface area contributed by atoms with Gasteiger partial charge >= 0.3 is 0 Å². The number of aliphatic hydroxyl groups excluding tert-OH is 1. The number of piperazine rings is 1. The van der Waals surface area contributed by atoms with Gasteiger partial charge < -0.3 is 29.9 Å². The molecule has 0 amide bonds. The zero-order chi connectivity index (χ0) is 19.2. The third-order valence-corrected chi connectivity index (χ3v) is 4.93. The maximum Gasteiger partial charge on any atom is 0.236 e. The minimum atomic E-state index is 0.0103. The van der Waals surface area contributed by atoms with Gasteiger partial charge in [-0.3, -0.25) is 0 Å². The molecule has 1 aromatic carbocycles. The lowest BCUT2D eigenvalue weighted by Gasteiger charge is -2.32. The van der Waals surface area contributed by atoms with Crippen molar-refractivity contribution in [3.8, 4) is 0 Å². The summed E-state index contributed by atoms with van der Waals surface area (Å²) in [5, 5.41) is 13.0. The minimum absolute atomic E-state index is 0.0103. The van der Waals surface area contributed by atoms with E-state index in [9.17, 15) is 5.11 Å². The van der Waals surface area contributed by atoms with Gasteiger partial charge in [-0.25, -0.2) is 0 Å². The zero-order valence-corrected chi connectivity index (χ0v) is 16.0. The molecule has 1 aromatic heterocycles. The van der Waals surface area contributed by atoms with Crippen LogP contribution >= 0.6 is 0 Å². The lowest BCUT2D eigenvalue weighted by Crippen LogP contribution is -2.45. The van der Waals surface area contributed by atoms with Gasteiger partial charge in [-0.05, 0) is 12.1 Å². The molecule has 3 heterocycles. The standard InChI is InChI=1S/C19H27N7O2/c27-13-10-26(16-4-2-1-3-5-16)19-22-17(24-8-6-20-7-9-24)21-18(23-19)25-11-14-28-15-12-25/h1-5,20,27H,6-15H2. The van der Waals surface area contributed by atoms with Gasteiger partial charge in [0.1, 0.15) is 0 Å². The number of rotatable bonds is 6. The number of ether oxygens (including phenoxy) is 1. The van der Waals surface area contributed by atoms with Crippen LogP contribution in [0.15, 0.2) is 30.3 Å². The number of nitrogens with one attached hydrogen (secondary N) is 1. The number of nitrogens with zero attached hydrogens (tertiary/aromatic N) is 6. The van der Waals surface area contributed by atoms with Crippen LogP contribution in [0.2, 0.25) is 0 Å². The summed E-state index contributed by atoms with van der Waals surface area (Å²) in [5.41, 5.74) is 0.946. The van der Waals surface area contributed by atoms with E-state index in [4.69, 9.17) is 19.7 Å². The molecule has 9 nitrogen and oxygen atoms in total. The number of aromatic nitrogens is 3. The van der Waals surface area contributed by atoms with Crippen LogP contribution < -0.4 is 20.0 Å². The first kappa shape index (κ1) is 18.9. The molecule has 0 aliphatic carbocycles. The number of benzene rings is 1. The first-order valence-electron chi connectivity index (χ1n) is 9.83. The highest BCUT2D eigenvalue weighted by Gasteiger charge is 2.23. The van der Waals surface area contributed by atoms with Gasteiger partial charge in [-0.2, -0.15) is 15.0 Å². The molecule has 2 aromatic rings. The van der Waals surface area contributed by atoms with E-state index in [0.717, 1.165) is 45.0 Å². The largest absolute Gasteiger partial charge is 0.395 e. The smallest absolute Gasteiger partial charge is 0.236 e. The maximum absolute atomic E-state index is 9.64. The predicted octanol–water partition coefficient (Wildman–Crippen LogP) is 0.248. The van der Waals surface area contributed by atoms with E-state index in [2.05, 4.69) is 15.1 Å². The molecule has 0 spiro atoms. The van der Waals surface area contributed by atoms with E-state index in [1.807, 2.05) is 35.2 Å². The van der Waals surface area contributed by atoms with Gasteiger partial charge in [-0.1, -0.05) is 18.2 Å². The Bertz CT molecular complexity index is 713. The normalized spacial score (nSPS) is 17.6. The number of para-hydroxylation sites is 1. The molecule has 0 saturated carbocycles. The summed E-state index contributed by atoms with van der Waals surface area (Å²) in [4.78, 5) is 20.6. The fourth-order valence-electron chi connectivity index (χ4n) is 3.43. The second-order valence-corrected chi connectivity index (χ2v) is 6.78. The second-order valence-electron chi connectivity index (χ2n) is 6.78. The van der Waals surface area contributed by atoms with Crippen LogP contribution in [0.1, 0.15) is 0 Å². The molecule has 0 atom stereocenters. The molecule has 0 unspecified atom stereocenters.